The van der Waals surface area contributed by atoms with Gasteiger partial charge in [0.2, 0.25) is 0 Å². The molecule has 0 saturated heterocycles. The van der Waals surface area contributed by atoms with E-state index in [9.17, 15) is 9.18 Å². The molecular weight excluding hydrogens is 421 g/mol. The minimum Gasteiger partial charge on any atom is -0.362 e. The monoisotopic (exact) mass is 441 g/mol. The van der Waals surface area contributed by atoms with Crippen LogP contribution < -0.4 is 5.32 Å². The number of anilines is 1. The van der Waals surface area contributed by atoms with Crippen molar-refractivity contribution < 1.29 is 18.4 Å². The van der Waals surface area contributed by atoms with Gasteiger partial charge in [-0.1, -0.05) is 5.16 Å². The molecule has 1 aromatic carbocycles. The summed E-state index contributed by atoms with van der Waals surface area (Å²) in [6, 6.07) is 8.37. The summed E-state index contributed by atoms with van der Waals surface area (Å²) < 4.78 is 25.5. The maximum atomic E-state index is 13.3. The topological polar surface area (TPSA) is 95.1 Å². The van der Waals surface area contributed by atoms with Crippen molar-refractivity contribution >= 4 is 22.4 Å². The fourth-order valence-electron chi connectivity index (χ4n) is 3.25. The Balaban J connectivity index is 1.42. The van der Waals surface area contributed by atoms with E-state index in [1.807, 2.05) is 29.9 Å². The first-order chi connectivity index (χ1) is 14.9. The lowest BCUT2D eigenvalue weighted by atomic mass is 10.2. The number of thiazole rings is 1. The van der Waals surface area contributed by atoms with Gasteiger partial charge in [-0.15, -0.1) is 11.3 Å². The van der Waals surface area contributed by atoms with Crippen LogP contribution in [-0.4, -0.2) is 32.2 Å². The molecule has 0 aliphatic heterocycles. The van der Waals surface area contributed by atoms with Crippen molar-refractivity contribution in [3.05, 3.63) is 64.6 Å². The average Bonchev–Trinajstić information content (AvgIpc) is 3.43. The number of rotatable bonds is 7. The summed E-state index contributed by atoms with van der Waals surface area (Å²) in [7, 11) is 0. The molecule has 8 nitrogen and oxygen atoms in total. The highest BCUT2D eigenvalue weighted by Crippen LogP contribution is 2.31. The van der Waals surface area contributed by atoms with Crippen LogP contribution in [0, 0.1) is 26.6 Å². The average molecular weight is 441 g/mol. The van der Waals surface area contributed by atoms with Gasteiger partial charge in [0.25, 0.3) is 11.8 Å². The van der Waals surface area contributed by atoms with Gasteiger partial charge in [0.15, 0.2) is 11.0 Å². The second-order valence-corrected chi connectivity index (χ2v) is 7.77. The van der Waals surface area contributed by atoms with Gasteiger partial charge in [0, 0.05) is 28.0 Å². The summed E-state index contributed by atoms with van der Waals surface area (Å²) in [5, 5.41) is 8.75. The number of carbonyl (C=O) groups excluding carboxylic acids is 1. The third-order valence-electron chi connectivity index (χ3n) is 4.57. The van der Waals surface area contributed by atoms with Crippen LogP contribution in [0.5, 0.6) is 0 Å². The van der Waals surface area contributed by atoms with Gasteiger partial charge < -0.3 is 13.8 Å². The summed E-state index contributed by atoms with van der Waals surface area (Å²) in [5.41, 5.74) is 4.55. The van der Waals surface area contributed by atoms with Crippen molar-refractivity contribution in [2.24, 2.45) is 0 Å². The Bertz CT molecular complexity index is 1210. The third kappa shape index (κ3) is 4.70. The molecule has 0 aliphatic carbocycles. The van der Waals surface area contributed by atoms with E-state index in [1.54, 1.807) is 19.1 Å². The molecule has 0 aliphatic rings. The number of benzene rings is 1. The molecule has 10 heteroatoms. The first-order valence-electron chi connectivity index (χ1n) is 9.48. The predicted molar refractivity (Wildman–Crippen MR) is 114 cm³/mol. The number of amides is 1. The van der Waals surface area contributed by atoms with Crippen LogP contribution in [0.3, 0.4) is 0 Å². The van der Waals surface area contributed by atoms with Gasteiger partial charge in [-0.25, -0.2) is 9.37 Å². The zero-order valence-electron chi connectivity index (χ0n) is 17.2. The third-order valence-corrected chi connectivity index (χ3v) is 5.33. The molecule has 0 fully saturated rings. The van der Waals surface area contributed by atoms with Gasteiger partial charge >= 0.3 is 0 Å². The highest BCUT2D eigenvalue weighted by atomic mass is 32.1. The summed E-state index contributed by atoms with van der Waals surface area (Å²) in [4.78, 5) is 20.7. The van der Waals surface area contributed by atoms with Gasteiger partial charge in [-0.2, -0.15) is 4.98 Å². The van der Waals surface area contributed by atoms with Crippen LogP contribution in [-0.2, 0) is 16.1 Å². The number of aryl methyl sites for hydroxylation is 2. The summed E-state index contributed by atoms with van der Waals surface area (Å²) >= 11 is 1.33. The first-order valence-corrected chi connectivity index (χ1v) is 10.4. The van der Waals surface area contributed by atoms with E-state index in [0.717, 1.165) is 28.3 Å². The minimum atomic E-state index is -0.325. The zero-order valence-corrected chi connectivity index (χ0v) is 18.0. The highest BCUT2D eigenvalue weighted by Gasteiger charge is 2.16. The van der Waals surface area contributed by atoms with Crippen molar-refractivity contribution in [2.45, 2.75) is 27.4 Å². The number of hydrogen-bond acceptors (Lipinski definition) is 7. The normalized spacial score (nSPS) is 11.1. The van der Waals surface area contributed by atoms with Gasteiger partial charge in [0.1, 0.15) is 19.0 Å². The van der Waals surface area contributed by atoms with Crippen molar-refractivity contribution in [1.82, 2.24) is 19.7 Å². The van der Waals surface area contributed by atoms with E-state index in [1.165, 1.54) is 23.5 Å². The molecule has 0 atom stereocenters. The molecule has 1 N–H and O–H groups in total. The van der Waals surface area contributed by atoms with Crippen molar-refractivity contribution in [2.75, 3.05) is 11.9 Å². The van der Waals surface area contributed by atoms with E-state index >= 15 is 0 Å². The zero-order chi connectivity index (χ0) is 22.0. The van der Waals surface area contributed by atoms with Gasteiger partial charge in [-0.3, -0.25) is 10.1 Å². The van der Waals surface area contributed by atoms with E-state index in [4.69, 9.17) is 9.26 Å². The van der Waals surface area contributed by atoms with E-state index < -0.39 is 0 Å². The number of halogens is 1. The molecule has 0 spiro atoms. The largest absolute Gasteiger partial charge is 0.362 e. The second kappa shape index (κ2) is 8.78. The fourth-order valence-corrected chi connectivity index (χ4v) is 3.98. The molecular formula is C21H20FN5O3S. The lowest BCUT2D eigenvalue weighted by molar-refractivity contribution is -0.121. The van der Waals surface area contributed by atoms with Gasteiger partial charge in [0.05, 0.1) is 5.69 Å². The van der Waals surface area contributed by atoms with Crippen LogP contribution in [0.15, 0.2) is 40.2 Å². The second-order valence-electron chi connectivity index (χ2n) is 6.91. The van der Waals surface area contributed by atoms with E-state index in [-0.39, 0.29) is 24.9 Å². The Kier molecular flexibility index (Phi) is 5.92. The Hall–Kier alpha value is -3.37. The molecule has 1 amide bonds. The number of ether oxygens (including phenoxy) is 1. The summed E-state index contributed by atoms with van der Waals surface area (Å²) in [6.45, 7) is 5.58. The van der Waals surface area contributed by atoms with E-state index in [0.29, 0.717) is 16.8 Å². The van der Waals surface area contributed by atoms with Crippen LogP contribution in [0.4, 0.5) is 9.52 Å². The smallest absolute Gasteiger partial charge is 0.252 e. The maximum absolute atomic E-state index is 13.3. The molecule has 31 heavy (non-hydrogen) atoms. The first kappa shape index (κ1) is 20.9. The number of nitrogens with zero attached hydrogens (tertiary/aromatic N) is 4. The molecule has 3 aromatic heterocycles. The number of carbonyl (C=O) groups is 1. The van der Waals surface area contributed by atoms with Gasteiger partial charge in [-0.05, 0) is 51.1 Å². The minimum absolute atomic E-state index is 0.0623. The fraction of sp³-hybridized carbons (Fsp3) is 0.238. The van der Waals surface area contributed by atoms with Crippen molar-refractivity contribution in [1.29, 1.82) is 0 Å². The molecule has 0 radical (unpaired) electrons. The quantitative estimate of drug-likeness (QED) is 0.462. The predicted octanol–water partition coefficient (Wildman–Crippen LogP) is 4.20. The molecule has 0 saturated carbocycles. The Morgan fingerprint density at radius 1 is 1.23 bits per heavy atom. The van der Waals surface area contributed by atoms with Crippen LogP contribution in [0.2, 0.25) is 0 Å². The van der Waals surface area contributed by atoms with Crippen LogP contribution in [0.25, 0.3) is 16.9 Å². The molecule has 160 valence electrons. The number of aromatic nitrogens is 4. The van der Waals surface area contributed by atoms with Crippen molar-refractivity contribution in [3.63, 3.8) is 0 Å². The number of hydrogen-bond donors (Lipinski definition) is 1. The van der Waals surface area contributed by atoms with Crippen LogP contribution >= 0.6 is 11.3 Å². The number of nitrogens with one attached hydrogen (secondary N) is 1. The molecule has 3 heterocycles. The Labute approximate surface area is 181 Å². The Morgan fingerprint density at radius 2 is 2.00 bits per heavy atom. The molecule has 0 bridgehead atoms. The molecule has 4 rings (SSSR count). The van der Waals surface area contributed by atoms with Crippen molar-refractivity contribution in [3.8, 4) is 16.9 Å². The standard InChI is InChI=1S/C21H20FN5O3S/c1-12-8-17(13(2)27(12)16-6-4-15(22)5-7-16)18-11-31-21(24-18)25-19(28)9-29-10-20-23-14(3)26-30-20/h4-8,11H,9-10H2,1-3H3,(H,24,25,28). The van der Waals surface area contributed by atoms with E-state index in [2.05, 4.69) is 20.4 Å². The lowest BCUT2D eigenvalue weighted by Crippen LogP contribution is -2.18. The Morgan fingerprint density at radius 3 is 2.71 bits per heavy atom. The molecule has 4 aromatic rings. The SMILES string of the molecule is Cc1noc(COCC(=O)Nc2nc(-c3cc(C)n(-c4ccc(F)cc4)c3C)cs2)n1. The molecule has 0 unspecified atom stereocenters. The lowest BCUT2D eigenvalue weighted by Gasteiger charge is -2.09. The highest BCUT2D eigenvalue weighted by molar-refractivity contribution is 7.14. The summed E-state index contributed by atoms with van der Waals surface area (Å²) in [5.74, 6) is 0.229. The summed E-state index contributed by atoms with van der Waals surface area (Å²) in [6.07, 6.45) is 0. The van der Waals surface area contributed by atoms with Crippen LogP contribution in [0.1, 0.15) is 23.1 Å². The maximum Gasteiger partial charge on any atom is 0.252 e.